The van der Waals surface area contributed by atoms with Gasteiger partial charge in [-0.25, -0.2) is 0 Å². The molecule has 3 rings (SSSR count). The molecule has 2 aromatic carbocycles. The molecule has 0 saturated carbocycles. The first kappa shape index (κ1) is 27.3. The van der Waals surface area contributed by atoms with Crippen molar-refractivity contribution in [3.8, 4) is 11.5 Å². The van der Waals surface area contributed by atoms with Crippen molar-refractivity contribution in [2.75, 3.05) is 33.3 Å². The average molecular weight is 495 g/mol. The highest BCUT2D eigenvalue weighted by atomic mass is 16.5. The summed E-state index contributed by atoms with van der Waals surface area (Å²) < 4.78 is 5.19. The van der Waals surface area contributed by atoms with Crippen molar-refractivity contribution in [3.63, 3.8) is 0 Å². The van der Waals surface area contributed by atoms with Crippen LogP contribution in [0.3, 0.4) is 0 Å². The number of hydrogen-bond donors (Lipinski definition) is 2. The normalized spacial score (nSPS) is 17.2. The largest absolute Gasteiger partial charge is 0.508 e. The van der Waals surface area contributed by atoms with E-state index in [4.69, 9.17) is 4.74 Å². The SMILES string of the molecule is CCCCN(CCCC)CCCN1C(=O)C(=O)C(=C(O)c2ccc(OC)cc2)[C@@H]1c1ccc(O)cc1. The van der Waals surface area contributed by atoms with Crippen molar-refractivity contribution < 1.29 is 24.5 Å². The Morgan fingerprint density at radius 2 is 1.50 bits per heavy atom. The van der Waals surface area contributed by atoms with Crippen molar-refractivity contribution in [1.82, 2.24) is 9.80 Å². The number of unbranched alkanes of at least 4 members (excludes halogenated alkanes) is 2. The average Bonchev–Trinajstić information content (AvgIpc) is 3.15. The highest BCUT2D eigenvalue weighted by molar-refractivity contribution is 6.46. The molecule has 194 valence electrons. The van der Waals surface area contributed by atoms with Gasteiger partial charge in [0, 0.05) is 12.1 Å². The van der Waals surface area contributed by atoms with Gasteiger partial charge in [0.1, 0.15) is 17.3 Å². The molecule has 36 heavy (non-hydrogen) atoms. The molecule has 0 radical (unpaired) electrons. The Morgan fingerprint density at radius 1 is 0.917 bits per heavy atom. The second-order valence-electron chi connectivity index (χ2n) is 9.21. The molecule has 0 spiro atoms. The Bertz CT molecular complexity index is 1040. The van der Waals surface area contributed by atoms with Gasteiger partial charge in [-0.3, -0.25) is 9.59 Å². The number of aliphatic hydroxyl groups excluding tert-OH is 1. The van der Waals surface area contributed by atoms with Gasteiger partial charge in [-0.15, -0.1) is 0 Å². The third kappa shape index (κ3) is 6.46. The Kier molecular flexibility index (Phi) is 9.94. The number of methoxy groups -OCH3 is 1. The van der Waals surface area contributed by atoms with Gasteiger partial charge in [-0.05, 0) is 80.9 Å². The predicted molar refractivity (Wildman–Crippen MR) is 141 cm³/mol. The second-order valence-corrected chi connectivity index (χ2v) is 9.21. The molecule has 1 fully saturated rings. The lowest BCUT2D eigenvalue weighted by molar-refractivity contribution is -0.140. The summed E-state index contributed by atoms with van der Waals surface area (Å²) in [5, 5.41) is 21.0. The molecular weight excluding hydrogens is 456 g/mol. The quantitative estimate of drug-likeness (QED) is 0.228. The standard InChI is InChI=1S/C29H38N2O5/c1-4-6-17-30(18-7-5-2)19-8-20-31-26(21-9-13-23(32)14-10-21)25(28(34)29(31)35)27(33)22-11-15-24(36-3)16-12-22/h9-16,26,32-33H,4-8,17-20H2,1-3H3/t26-/m0/s1. The van der Waals surface area contributed by atoms with E-state index < -0.39 is 17.7 Å². The number of hydrogen-bond acceptors (Lipinski definition) is 6. The molecule has 7 nitrogen and oxygen atoms in total. The number of likely N-dealkylation sites (tertiary alicyclic amines) is 1. The number of rotatable bonds is 13. The summed E-state index contributed by atoms with van der Waals surface area (Å²) >= 11 is 0. The van der Waals surface area contributed by atoms with Crippen LogP contribution < -0.4 is 4.74 Å². The van der Waals surface area contributed by atoms with Crippen LogP contribution in [0.5, 0.6) is 11.5 Å². The number of carbonyl (C=O) groups excluding carboxylic acids is 2. The highest BCUT2D eigenvalue weighted by Crippen LogP contribution is 2.40. The molecule has 2 aromatic rings. The first-order chi connectivity index (χ1) is 17.4. The fraction of sp³-hybridized carbons (Fsp3) is 0.448. The maximum atomic E-state index is 13.2. The maximum absolute atomic E-state index is 13.2. The number of phenolic OH excluding ortho intramolecular Hbond substituents is 1. The molecule has 1 heterocycles. The second kappa shape index (κ2) is 13.1. The number of ether oxygens (including phenoxy) is 1. The van der Waals surface area contributed by atoms with Gasteiger partial charge in [0.05, 0.1) is 18.7 Å². The van der Waals surface area contributed by atoms with Crippen LogP contribution in [0.2, 0.25) is 0 Å². The monoisotopic (exact) mass is 494 g/mol. The van der Waals surface area contributed by atoms with Crippen LogP contribution in [-0.4, -0.2) is 65.0 Å². The molecule has 0 aliphatic carbocycles. The first-order valence-electron chi connectivity index (χ1n) is 12.8. The molecule has 0 unspecified atom stereocenters. The van der Waals surface area contributed by atoms with E-state index >= 15 is 0 Å². The van der Waals surface area contributed by atoms with Crippen LogP contribution in [0, 0.1) is 0 Å². The molecule has 2 N–H and O–H groups in total. The molecule has 1 amide bonds. The van der Waals surface area contributed by atoms with E-state index in [1.807, 2.05) is 0 Å². The summed E-state index contributed by atoms with van der Waals surface area (Å²) in [7, 11) is 1.55. The van der Waals surface area contributed by atoms with Gasteiger partial charge in [0.25, 0.3) is 11.7 Å². The van der Waals surface area contributed by atoms with Gasteiger partial charge in [-0.2, -0.15) is 0 Å². The van der Waals surface area contributed by atoms with Gasteiger partial charge in [0.15, 0.2) is 0 Å². The predicted octanol–water partition coefficient (Wildman–Crippen LogP) is 5.11. The first-order valence-corrected chi connectivity index (χ1v) is 12.8. The molecule has 1 aliphatic rings. The number of carbonyl (C=O) groups is 2. The minimum Gasteiger partial charge on any atom is -0.508 e. The number of aromatic hydroxyl groups is 1. The number of aliphatic hydroxyl groups is 1. The summed E-state index contributed by atoms with van der Waals surface area (Å²) in [4.78, 5) is 30.3. The minimum atomic E-state index is -0.729. The number of amides is 1. The lowest BCUT2D eigenvalue weighted by Crippen LogP contribution is -2.34. The summed E-state index contributed by atoms with van der Waals surface area (Å²) in [6.07, 6.45) is 5.23. The van der Waals surface area contributed by atoms with Gasteiger partial charge in [-0.1, -0.05) is 38.8 Å². The molecule has 0 aromatic heterocycles. The zero-order valence-electron chi connectivity index (χ0n) is 21.6. The molecular formula is C29H38N2O5. The number of ketones is 1. The van der Waals surface area contributed by atoms with E-state index in [0.29, 0.717) is 23.4 Å². The Hall–Kier alpha value is -3.32. The van der Waals surface area contributed by atoms with Gasteiger partial charge in [0.2, 0.25) is 0 Å². The summed E-state index contributed by atoms with van der Waals surface area (Å²) in [6, 6.07) is 12.4. The topological polar surface area (TPSA) is 90.3 Å². The van der Waals surface area contributed by atoms with Crippen LogP contribution in [0.15, 0.2) is 54.1 Å². The lowest BCUT2D eigenvalue weighted by atomic mass is 9.95. The van der Waals surface area contributed by atoms with E-state index in [9.17, 15) is 19.8 Å². The van der Waals surface area contributed by atoms with Crippen LogP contribution in [0.1, 0.15) is 63.1 Å². The number of phenols is 1. The molecule has 1 atom stereocenters. The molecule has 1 saturated heterocycles. The smallest absolute Gasteiger partial charge is 0.295 e. The molecule has 1 aliphatic heterocycles. The van der Waals surface area contributed by atoms with Gasteiger partial charge < -0.3 is 24.7 Å². The third-order valence-corrected chi connectivity index (χ3v) is 6.64. The third-order valence-electron chi connectivity index (χ3n) is 6.64. The fourth-order valence-electron chi connectivity index (χ4n) is 4.58. The summed E-state index contributed by atoms with van der Waals surface area (Å²) in [6.45, 7) is 7.63. The van der Waals surface area contributed by atoms with Crippen molar-refractivity contribution >= 4 is 17.4 Å². The lowest BCUT2D eigenvalue weighted by Gasteiger charge is -2.27. The molecule has 7 heteroatoms. The van der Waals surface area contributed by atoms with Crippen molar-refractivity contribution in [2.45, 2.75) is 52.0 Å². The number of nitrogens with zero attached hydrogens (tertiary/aromatic N) is 2. The van der Waals surface area contributed by atoms with E-state index in [1.54, 1.807) is 48.4 Å². The van der Waals surface area contributed by atoms with Crippen LogP contribution in [0.4, 0.5) is 0 Å². The van der Waals surface area contributed by atoms with Crippen molar-refractivity contribution in [1.29, 1.82) is 0 Å². The van der Waals surface area contributed by atoms with E-state index in [2.05, 4.69) is 18.7 Å². The van der Waals surface area contributed by atoms with Crippen molar-refractivity contribution in [2.24, 2.45) is 0 Å². The van der Waals surface area contributed by atoms with E-state index in [-0.39, 0.29) is 17.1 Å². The number of benzene rings is 2. The van der Waals surface area contributed by atoms with E-state index in [0.717, 1.165) is 51.7 Å². The van der Waals surface area contributed by atoms with Crippen LogP contribution in [-0.2, 0) is 9.59 Å². The van der Waals surface area contributed by atoms with Crippen LogP contribution >= 0.6 is 0 Å². The highest BCUT2D eigenvalue weighted by Gasteiger charge is 2.45. The van der Waals surface area contributed by atoms with E-state index in [1.165, 1.54) is 12.1 Å². The Labute approximate surface area is 214 Å². The summed E-state index contributed by atoms with van der Waals surface area (Å²) in [5.41, 5.74) is 1.16. The zero-order chi connectivity index (χ0) is 26.1. The number of Topliss-reactive ketones (excluding diaryl/α,β-unsaturated/α-hetero) is 1. The maximum Gasteiger partial charge on any atom is 0.295 e. The minimum absolute atomic E-state index is 0.0599. The molecule has 0 bridgehead atoms. The fourth-order valence-corrected chi connectivity index (χ4v) is 4.58. The zero-order valence-corrected chi connectivity index (χ0v) is 21.6. The van der Waals surface area contributed by atoms with Crippen LogP contribution in [0.25, 0.3) is 5.76 Å². The Balaban J connectivity index is 1.90. The summed E-state index contributed by atoms with van der Waals surface area (Å²) in [5.74, 6) is -0.817. The van der Waals surface area contributed by atoms with Crippen molar-refractivity contribution in [3.05, 3.63) is 65.2 Å². The van der Waals surface area contributed by atoms with Gasteiger partial charge >= 0.3 is 0 Å². The Morgan fingerprint density at radius 3 is 2.06 bits per heavy atom.